The fraction of sp³-hybridized carbons (Fsp3) is 0.125. The number of imide groups is 1. The number of carbonyl (C=O) groups is 2. The van der Waals surface area contributed by atoms with Crippen LogP contribution in [-0.2, 0) is 0 Å². The highest BCUT2D eigenvalue weighted by Crippen LogP contribution is 2.32. The molecule has 1 aliphatic heterocycles. The Morgan fingerprint density at radius 2 is 1.65 bits per heavy atom. The van der Waals surface area contributed by atoms with Crippen molar-refractivity contribution in [1.82, 2.24) is 0 Å². The molecule has 4 nitrogen and oxygen atoms in total. The second-order valence-corrected chi connectivity index (χ2v) is 4.99. The van der Waals surface area contributed by atoms with Crippen LogP contribution in [-0.4, -0.2) is 11.8 Å². The van der Waals surface area contributed by atoms with Gasteiger partial charge in [-0.1, -0.05) is 17.7 Å². The average Bonchev–Trinajstić information content (AvgIpc) is 2.65. The lowest BCUT2D eigenvalue weighted by atomic mass is 10.1. The topological polar surface area (TPSA) is 63.4 Å². The quantitative estimate of drug-likeness (QED) is 0.637. The van der Waals surface area contributed by atoms with Gasteiger partial charge in [0.25, 0.3) is 11.8 Å². The van der Waals surface area contributed by atoms with E-state index in [0.717, 1.165) is 11.1 Å². The number of aryl methyl sites for hydroxylation is 1. The molecule has 0 atom stereocenters. The Balaban J connectivity index is 2.17. The Morgan fingerprint density at radius 1 is 0.950 bits per heavy atom. The lowest BCUT2D eigenvalue weighted by Crippen LogP contribution is -2.30. The maximum Gasteiger partial charge on any atom is 0.266 e. The highest BCUT2D eigenvalue weighted by atomic mass is 16.2. The van der Waals surface area contributed by atoms with Crippen molar-refractivity contribution in [1.29, 1.82) is 0 Å². The van der Waals surface area contributed by atoms with E-state index in [1.54, 1.807) is 37.3 Å². The van der Waals surface area contributed by atoms with E-state index in [-0.39, 0.29) is 11.8 Å². The molecule has 0 unspecified atom stereocenters. The summed E-state index contributed by atoms with van der Waals surface area (Å²) >= 11 is 0. The molecule has 2 aromatic rings. The monoisotopic (exact) mass is 266 g/mol. The van der Waals surface area contributed by atoms with Crippen LogP contribution in [0.2, 0.25) is 0 Å². The van der Waals surface area contributed by atoms with Crippen molar-refractivity contribution in [2.75, 3.05) is 10.6 Å². The van der Waals surface area contributed by atoms with Gasteiger partial charge in [-0.25, -0.2) is 4.90 Å². The van der Waals surface area contributed by atoms with Gasteiger partial charge in [0.15, 0.2) is 0 Å². The summed E-state index contributed by atoms with van der Waals surface area (Å²) in [5.74, 6) is -0.582. The van der Waals surface area contributed by atoms with Gasteiger partial charge in [0, 0.05) is 5.69 Å². The predicted molar refractivity (Wildman–Crippen MR) is 77.9 cm³/mol. The summed E-state index contributed by atoms with van der Waals surface area (Å²) in [4.78, 5) is 26.1. The van der Waals surface area contributed by atoms with Gasteiger partial charge < -0.3 is 5.73 Å². The normalized spacial score (nSPS) is 13.8. The molecular formula is C16H14N2O2. The third-order valence-electron chi connectivity index (χ3n) is 3.63. The zero-order chi connectivity index (χ0) is 14.4. The molecule has 2 amide bonds. The SMILES string of the molecule is Cc1ccc2c(c1)C(=O)N(c1cccc(N)c1C)C2=O. The van der Waals surface area contributed by atoms with Crippen LogP contribution in [0.25, 0.3) is 0 Å². The van der Waals surface area contributed by atoms with Gasteiger partial charge in [0.1, 0.15) is 0 Å². The molecule has 20 heavy (non-hydrogen) atoms. The number of fused-ring (bicyclic) bond motifs is 1. The van der Waals surface area contributed by atoms with Crippen LogP contribution in [0.4, 0.5) is 11.4 Å². The van der Waals surface area contributed by atoms with E-state index in [4.69, 9.17) is 5.73 Å². The molecule has 4 heteroatoms. The fourth-order valence-electron chi connectivity index (χ4n) is 2.46. The van der Waals surface area contributed by atoms with E-state index in [1.165, 1.54) is 4.90 Å². The second-order valence-electron chi connectivity index (χ2n) is 4.99. The molecule has 1 heterocycles. The van der Waals surface area contributed by atoms with E-state index in [9.17, 15) is 9.59 Å². The molecule has 0 aromatic heterocycles. The third-order valence-corrected chi connectivity index (χ3v) is 3.63. The molecule has 0 spiro atoms. The number of nitrogen functional groups attached to an aromatic ring is 1. The average molecular weight is 266 g/mol. The van der Waals surface area contributed by atoms with E-state index in [1.807, 2.05) is 13.0 Å². The molecule has 0 saturated heterocycles. The number of rotatable bonds is 1. The van der Waals surface area contributed by atoms with Crippen molar-refractivity contribution in [3.63, 3.8) is 0 Å². The zero-order valence-electron chi connectivity index (χ0n) is 11.3. The minimum absolute atomic E-state index is 0.289. The minimum atomic E-state index is -0.293. The van der Waals surface area contributed by atoms with Crippen LogP contribution in [0.1, 0.15) is 31.8 Å². The largest absolute Gasteiger partial charge is 0.398 e. The summed E-state index contributed by atoms with van der Waals surface area (Å²) in [5, 5.41) is 0. The summed E-state index contributed by atoms with van der Waals surface area (Å²) in [6.45, 7) is 3.70. The summed E-state index contributed by atoms with van der Waals surface area (Å²) in [6.07, 6.45) is 0. The van der Waals surface area contributed by atoms with Gasteiger partial charge in [-0.15, -0.1) is 0 Å². The number of nitrogens with two attached hydrogens (primary N) is 1. The van der Waals surface area contributed by atoms with Crippen molar-refractivity contribution in [3.05, 3.63) is 58.7 Å². The molecule has 0 saturated carbocycles. The summed E-state index contributed by atoms with van der Waals surface area (Å²) in [7, 11) is 0. The Morgan fingerprint density at radius 3 is 2.40 bits per heavy atom. The van der Waals surface area contributed by atoms with Crippen LogP contribution in [0.3, 0.4) is 0 Å². The first-order chi connectivity index (χ1) is 9.50. The first kappa shape index (κ1) is 12.4. The number of benzene rings is 2. The maximum atomic E-state index is 12.5. The molecule has 100 valence electrons. The Labute approximate surface area is 116 Å². The standard InChI is InChI=1S/C16H14N2O2/c1-9-6-7-11-12(8-9)16(20)18(15(11)19)14-5-3-4-13(17)10(14)2/h3-8H,17H2,1-2H3. The smallest absolute Gasteiger partial charge is 0.266 e. The zero-order valence-corrected chi connectivity index (χ0v) is 11.3. The van der Waals surface area contributed by atoms with E-state index in [0.29, 0.717) is 22.5 Å². The summed E-state index contributed by atoms with van der Waals surface area (Å²) < 4.78 is 0. The van der Waals surface area contributed by atoms with E-state index in [2.05, 4.69) is 0 Å². The molecule has 3 rings (SSSR count). The Hall–Kier alpha value is -2.62. The number of hydrogen-bond donors (Lipinski definition) is 1. The van der Waals surface area contributed by atoms with Crippen molar-refractivity contribution in [2.24, 2.45) is 0 Å². The van der Waals surface area contributed by atoms with Gasteiger partial charge in [-0.2, -0.15) is 0 Å². The first-order valence-corrected chi connectivity index (χ1v) is 6.35. The maximum absolute atomic E-state index is 12.5. The molecular weight excluding hydrogens is 252 g/mol. The van der Waals surface area contributed by atoms with E-state index < -0.39 is 0 Å². The van der Waals surface area contributed by atoms with Gasteiger partial charge in [0.2, 0.25) is 0 Å². The highest BCUT2D eigenvalue weighted by molar-refractivity contribution is 6.34. The van der Waals surface area contributed by atoms with Crippen molar-refractivity contribution in [3.8, 4) is 0 Å². The van der Waals surface area contributed by atoms with Gasteiger partial charge >= 0.3 is 0 Å². The Kier molecular flexibility index (Phi) is 2.61. The molecule has 2 aromatic carbocycles. The minimum Gasteiger partial charge on any atom is -0.398 e. The molecule has 0 fully saturated rings. The molecule has 0 aliphatic carbocycles. The molecule has 0 bridgehead atoms. The molecule has 0 radical (unpaired) electrons. The van der Waals surface area contributed by atoms with Gasteiger partial charge in [0.05, 0.1) is 16.8 Å². The number of carbonyl (C=O) groups excluding carboxylic acids is 2. The van der Waals surface area contributed by atoms with Crippen LogP contribution in [0.5, 0.6) is 0 Å². The van der Waals surface area contributed by atoms with Crippen LogP contribution < -0.4 is 10.6 Å². The predicted octanol–water partition coefficient (Wildman–Crippen LogP) is 2.69. The number of anilines is 2. The van der Waals surface area contributed by atoms with Crippen LogP contribution in [0, 0.1) is 13.8 Å². The Bertz CT molecular complexity index is 750. The van der Waals surface area contributed by atoms with Gasteiger partial charge in [-0.05, 0) is 43.7 Å². The fourth-order valence-corrected chi connectivity index (χ4v) is 2.46. The summed E-state index contributed by atoms with van der Waals surface area (Å²) in [5.41, 5.74) is 9.57. The first-order valence-electron chi connectivity index (χ1n) is 6.35. The molecule has 2 N–H and O–H groups in total. The van der Waals surface area contributed by atoms with Crippen molar-refractivity contribution < 1.29 is 9.59 Å². The summed E-state index contributed by atoms with van der Waals surface area (Å²) in [6, 6.07) is 10.5. The van der Waals surface area contributed by atoms with Crippen molar-refractivity contribution in [2.45, 2.75) is 13.8 Å². The van der Waals surface area contributed by atoms with Crippen molar-refractivity contribution >= 4 is 23.2 Å². The number of hydrogen-bond acceptors (Lipinski definition) is 3. The lowest BCUT2D eigenvalue weighted by Gasteiger charge is -2.17. The van der Waals surface area contributed by atoms with Crippen LogP contribution in [0.15, 0.2) is 36.4 Å². The molecule has 1 aliphatic rings. The number of amides is 2. The van der Waals surface area contributed by atoms with E-state index >= 15 is 0 Å². The third kappa shape index (κ3) is 1.61. The van der Waals surface area contributed by atoms with Gasteiger partial charge in [-0.3, -0.25) is 9.59 Å². The highest BCUT2D eigenvalue weighted by Gasteiger charge is 2.37. The second kappa shape index (κ2) is 4.20. The lowest BCUT2D eigenvalue weighted by molar-refractivity contribution is 0.0926. The number of nitrogens with zero attached hydrogens (tertiary/aromatic N) is 1. The van der Waals surface area contributed by atoms with Crippen LogP contribution >= 0.6 is 0 Å².